The number of ether oxygens (including phenoxy) is 2. The van der Waals surface area contributed by atoms with Gasteiger partial charge in [0.25, 0.3) is 0 Å². The van der Waals surface area contributed by atoms with E-state index in [9.17, 15) is 9.18 Å². The quantitative estimate of drug-likeness (QED) is 0.856. The Hall–Kier alpha value is -1.78. The van der Waals surface area contributed by atoms with Crippen molar-refractivity contribution in [2.24, 2.45) is 0 Å². The molecule has 0 saturated heterocycles. The van der Waals surface area contributed by atoms with Crippen LogP contribution in [0.2, 0.25) is 0 Å². The minimum absolute atomic E-state index is 0.0239. The van der Waals surface area contributed by atoms with E-state index in [1.165, 1.54) is 27.2 Å². The van der Waals surface area contributed by atoms with Crippen molar-refractivity contribution in [2.45, 2.75) is 12.8 Å². The summed E-state index contributed by atoms with van der Waals surface area (Å²) in [6.07, 6.45) is 0. The third kappa shape index (κ3) is 2.24. The summed E-state index contributed by atoms with van der Waals surface area (Å²) in [4.78, 5) is 10.8. The van der Waals surface area contributed by atoms with Crippen molar-refractivity contribution in [3.05, 3.63) is 23.5 Å². The average Bonchev–Trinajstić information content (AvgIpc) is 2.26. The van der Waals surface area contributed by atoms with Gasteiger partial charge in [-0.25, -0.2) is 4.39 Å². The lowest BCUT2D eigenvalue weighted by molar-refractivity contribution is -0.138. The van der Waals surface area contributed by atoms with Gasteiger partial charge in [-0.1, -0.05) is 0 Å². The molecule has 0 aliphatic rings. The van der Waals surface area contributed by atoms with E-state index in [0.29, 0.717) is 0 Å². The number of aliphatic carboxylic acids is 1. The highest BCUT2D eigenvalue weighted by molar-refractivity contribution is 5.77. The summed E-state index contributed by atoms with van der Waals surface area (Å²) >= 11 is 0. The van der Waals surface area contributed by atoms with Crippen LogP contribution in [-0.2, 0) is 4.79 Å². The van der Waals surface area contributed by atoms with Crippen LogP contribution in [0.3, 0.4) is 0 Å². The van der Waals surface area contributed by atoms with Crippen LogP contribution in [0, 0.1) is 5.82 Å². The molecule has 0 aliphatic heterocycles. The largest absolute Gasteiger partial charge is 0.497 e. The monoisotopic (exact) mass is 228 g/mol. The SMILES string of the molecule is COc1cc(F)c(C(C)C(=O)O)c(OC)c1. The Balaban J connectivity index is 3.31. The Morgan fingerprint density at radius 3 is 2.44 bits per heavy atom. The molecule has 0 spiro atoms. The minimum atomic E-state index is -1.11. The van der Waals surface area contributed by atoms with Gasteiger partial charge in [-0.2, -0.15) is 0 Å². The van der Waals surface area contributed by atoms with Crippen molar-refractivity contribution in [3.8, 4) is 11.5 Å². The third-order valence-electron chi connectivity index (χ3n) is 2.32. The molecule has 0 aromatic heterocycles. The van der Waals surface area contributed by atoms with Crippen LogP contribution < -0.4 is 9.47 Å². The van der Waals surface area contributed by atoms with Crippen molar-refractivity contribution >= 4 is 5.97 Å². The van der Waals surface area contributed by atoms with Gasteiger partial charge in [0.1, 0.15) is 17.3 Å². The van der Waals surface area contributed by atoms with Gasteiger partial charge in [0.2, 0.25) is 0 Å². The highest BCUT2D eigenvalue weighted by atomic mass is 19.1. The molecule has 0 amide bonds. The summed E-state index contributed by atoms with van der Waals surface area (Å²) in [5.74, 6) is -2.27. The molecule has 0 radical (unpaired) electrons. The lowest BCUT2D eigenvalue weighted by Gasteiger charge is -2.14. The highest BCUT2D eigenvalue weighted by Crippen LogP contribution is 2.33. The molecule has 1 atom stereocenters. The molecule has 1 rings (SSSR count). The molecule has 88 valence electrons. The number of carboxylic acid groups (broad SMARTS) is 1. The van der Waals surface area contributed by atoms with Crippen LogP contribution in [0.15, 0.2) is 12.1 Å². The van der Waals surface area contributed by atoms with Crippen LogP contribution in [0.5, 0.6) is 11.5 Å². The zero-order valence-electron chi connectivity index (χ0n) is 9.28. The lowest BCUT2D eigenvalue weighted by Crippen LogP contribution is -2.11. The van der Waals surface area contributed by atoms with Crippen molar-refractivity contribution in [1.82, 2.24) is 0 Å². The molecule has 0 heterocycles. The maximum atomic E-state index is 13.7. The van der Waals surface area contributed by atoms with E-state index in [0.717, 1.165) is 6.07 Å². The Morgan fingerprint density at radius 1 is 1.38 bits per heavy atom. The summed E-state index contributed by atoms with van der Waals surface area (Å²) in [5, 5.41) is 8.85. The number of carboxylic acids is 1. The van der Waals surface area contributed by atoms with E-state index in [1.54, 1.807) is 0 Å². The zero-order chi connectivity index (χ0) is 12.3. The normalized spacial score (nSPS) is 12.0. The van der Waals surface area contributed by atoms with Crippen LogP contribution in [0.4, 0.5) is 4.39 Å². The van der Waals surface area contributed by atoms with Crippen LogP contribution in [0.1, 0.15) is 18.4 Å². The second-order valence-corrected chi connectivity index (χ2v) is 3.29. The van der Waals surface area contributed by atoms with Gasteiger partial charge in [0, 0.05) is 17.7 Å². The Labute approximate surface area is 92.6 Å². The minimum Gasteiger partial charge on any atom is -0.497 e. The number of hydrogen-bond acceptors (Lipinski definition) is 3. The number of carbonyl (C=O) groups is 1. The van der Waals surface area contributed by atoms with Gasteiger partial charge in [-0.3, -0.25) is 4.79 Å². The van der Waals surface area contributed by atoms with Gasteiger partial charge in [0.15, 0.2) is 0 Å². The first kappa shape index (κ1) is 12.3. The smallest absolute Gasteiger partial charge is 0.310 e. The summed E-state index contributed by atoms with van der Waals surface area (Å²) < 4.78 is 23.5. The number of benzene rings is 1. The van der Waals surface area contributed by atoms with Crippen LogP contribution >= 0.6 is 0 Å². The Bertz CT molecular complexity index is 403. The molecule has 4 nitrogen and oxygen atoms in total. The number of rotatable bonds is 4. The van der Waals surface area contributed by atoms with Gasteiger partial charge in [0.05, 0.1) is 20.1 Å². The van der Waals surface area contributed by atoms with E-state index in [1.807, 2.05) is 0 Å². The van der Waals surface area contributed by atoms with Crippen LogP contribution in [0.25, 0.3) is 0 Å². The van der Waals surface area contributed by atoms with Crippen molar-refractivity contribution in [1.29, 1.82) is 0 Å². The standard InChI is InChI=1S/C11H13FO4/c1-6(11(13)14)10-8(12)4-7(15-2)5-9(10)16-3/h4-6H,1-3H3,(H,13,14). The molecule has 0 aliphatic carbocycles. The molecule has 1 aromatic rings. The number of hydrogen-bond donors (Lipinski definition) is 1. The van der Waals surface area contributed by atoms with Gasteiger partial charge < -0.3 is 14.6 Å². The van der Waals surface area contributed by atoms with Gasteiger partial charge in [-0.15, -0.1) is 0 Å². The molecule has 1 unspecified atom stereocenters. The predicted octanol–water partition coefficient (Wildman–Crippen LogP) is 2.03. The van der Waals surface area contributed by atoms with Gasteiger partial charge >= 0.3 is 5.97 Å². The van der Waals surface area contributed by atoms with Crippen molar-refractivity contribution in [3.63, 3.8) is 0 Å². The predicted molar refractivity (Wildman–Crippen MR) is 55.6 cm³/mol. The summed E-state index contributed by atoms with van der Waals surface area (Å²) in [7, 11) is 2.75. The van der Waals surface area contributed by atoms with Gasteiger partial charge in [-0.05, 0) is 6.92 Å². The first-order valence-electron chi connectivity index (χ1n) is 4.65. The lowest BCUT2D eigenvalue weighted by atomic mass is 9.99. The second-order valence-electron chi connectivity index (χ2n) is 3.29. The zero-order valence-corrected chi connectivity index (χ0v) is 9.28. The maximum absolute atomic E-state index is 13.7. The first-order valence-corrected chi connectivity index (χ1v) is 4.65. The average molecular weight is 228 g/mol. The van der Waals surface area contributed by atoms with E-state index < -0.39 is 17.7 Å². The van der Waals surface area contributed by atoms with E-state index in [-0.39, 0.29) is 17.1 Å². The molecule has 0 fully saturated rings. The maximum Gasteiger partial charge on any atom is 0.310 e. The summed E-state index contributed by atoms with van der Waals surface area (Å²) in [6, 6.07) is 2.59. The molecule has 16 heavy (non-hydrogen) atoms. The third-order valence-corrected chi connectivity index (χ3v) is 2.32. The first-order chi connectivity index (χ1) is 7.51. The molecular formula is C11H13FO4. The van der Waals surface area contributed by atoms with E-state index >= 15 is 0 Å². The molecule has 0 bridgehead atoms. The van der Waals surface area contributed by atoms with Crippen LogP contribution in [-0.4, -0.2) is 25.3 Å². The van der Waals surface area contributed by atoms with Crippen molar-refractivity contribution in [2.75, 3.05) is 14.2 Å². The Kier molecular flexibility index (Phi) is 3.71. The van der Waals surface area contributed by atoms with E-state index in [2.05, 4.69) is 0 Å². The molecule has 5 heteroatoms. The fourth-order valence-corrected chi connectivity index (χ4v) is 1.40. The fraction of sp³-hybridized carbons (Fsp3) is 0.364. The molecular weight excluding hydrogens is 215 g/mol. The topological polar surface area (TPSA) is 55.8 Å². The number of halogens is 1. The molecule has 1 aromatic carbocycles. The molecule has 0 saturated carbocycles. The second kappa shape index (κ2) is 4.83. The highest BCUT2D eigenvalue weighted by Gasteiger charge is 2.23. The summed E-state index contributed by atoms with van der Waals surface area (Å²) in [5.41, 5.74) is 0.0239. The number of methoxy groups -OCH3 is 2. The Morgan fingerprint density at radius 2 is 2.00 bits per heavy atom. The van der Waals surface area contributed by atoms with Crippen molar-refractivity contribution < 1.29 is 23.8 Å². The van der Waals surface area contributed by atoms with E-state index in [4.69, 9.17) is 14.6 Å². The summed E-state index contributed by atoms with van der Waals surface area (Å²) in [6.45, 7) is 1.40. The molecule has 1 N–H and O–H groups in total. The fourth-order valence-electron chi connectivity index (χ4n) is 1.40.